The van der Waals surface area contributed by atoms with Gasteiger partial charge in [-0.3, -0.25) is 20.1 Å². The van der Waals surface area contributed by atoms with E-state index in [1.807, 2.05) is 39.0 Å². The zero-order chi connectivity index (χ0) is 39.7. The van der Waals surface area contributed by atoms with Crippen LogP contribution in [0.4, 0.5) is 5.69 Å². The van der Waals surface area contributed by atoms with Gasteiger partial charge < -0.3 is 29.3 Å². The molecule has 1 saturated carbocycles. The highest BCUT2D eigenvalue weighted by Gasteiger charge is 2.64. The quantitative estimate of drug-likeness (QED) is 0.0519. The van der Waals surface area contributed by atoms with E-state index in [0.29, 0.717) is 42.9 Å². The van der Waals surface area contributed by atoms with E-state index in [1.165, 1.54) is 12.1 Å². The number of non-ortho nitro benzene ring substituents is 1. The fourth-order valence-corrected chi connectivity index (χ4v) is 9.68. The van der Waals surface area contributed by atoms with Gasteiger partial charge in [-0.15, -0.1) is 6.58 Å². The van der Waals surface area contributed by atoms with Gasteiger partial charge in [0.25, 0.3) is 5.69 Å². The number of aliphatic hydroxyl groups excluding tert-OH is 2. The number of aliphatic hydroxyl groups is 2. The Hall–Kier alpha value is -4.30. The van der Waals surface area contributed by atoms with Gasteiger partial charge in [0.2, 0.25) is 5.79 Å². The molecule has 2 aliphatic carbocycles. The van der Waals surface area contributed by atoms with Crippen molar-refractivity contribution in [1.29, 1.82) is 0 Å². The van der Waals surface area contributed by atoms with Gasteiger partial charge in [-0.25, -0.2) is 0 Å². The summed E-state index contributed by atoms with van der Waals surface area (Å²) in [7, 11) is 0. The molecule has 0 amide bonds. The van der Waals surface area contributed by atoms with Crippen LogP contribution in [0, 0.1) is 27.9 Å². The Bertz CT molecular complexity index is 1870. The molecule has 2 N–H and O–H groups in total. The lowest BCUT2D eigenvalue weighted by Crippen LogP contribution is -2.64. The summed E-state index contributed by atoms with van der Waals surface area (Å²) in [6.07, 6.45) is 15.3. The highest BCUT2D eigenvalue weighted by Crippen LogP contribution is 2.62. The summed E-state index contributed by atoms with van der Waals surface area (Å²) >= 11 is 1.77. The van der Waals surface area contributed by atoms with Crippen LogP contribution >= 0.6 is 11.8 Å². The van der Waals surface area contributed by atoms with Crippen LogP contribution in [-0.2, 0) is 16.0 Å². The molecule has 3 aliphatic rings. The predicted molar refractivity (Wildman–Crippen MR) is 217 cm³/mol. The van der Waals surface area contributed by atoms with Crippen LogP contribution < -0.4 is 9.47 Å². The number of nitro benzene ring substituents is 1. The Morgan fingerprint density at radius 1 is 1.09 bits per heavy atom. The molecule has 1 aromatic heterocycles. The van der Waals surface area contributed by atoms with Crippen molar-refractivity contribution in [2.24, 2.45) is 22.9 Å². The van der Waals surface area contributed by atoms with Crippen molar-refractivity contribution in [2.75, 3.05) is 25.6 Å². The topological polar surface area (TPSA) is 159 Å². The maximum atomic E-state index is 11.6. The zero-order valence-electron chi connectivity index (χ0n) is 32.5. The number of nitrogens with zero attached hydrogens (tertiary/aromatic N) is 4. The standard InChI is InChI=1S/C43H54N4O8S/c1-5-22-52-43-39(56-23-17-30-28-44-18-19-45-30)27-37(46-55-42(2,3)4)35-24-29(11-6-8-20-48)34(14-7-9-21-49)40(41(35)43)36-26-33(15-16-38(36)54-43)53-32-13-10-12-31(25-32)47(50)51/h5,10,12-13,15-16,18-19,24-26,28-29,34,39-41,48-49H,1,6-9,11,14,17,20-23,27H2,2-4H3/t29-,34+,39-,40+,41+,43+/m0/s1. The highest BCUT2D eigenvalue weighted by atomic mass is 32.2. The Balaban J connectivity index is 1.52. The van der Waals surface area contributed by atoms with E-state index in [9.17, 15) is 20.3 Å². The van der Waals surface area contributed by atoms with Gasteiger partial charge in [-0.05, 0) is 93.9 Å². The average Bonchev–Trinajstić information content (AvgIpc) is 3.18. The minimum atomic E-state index is -1.11. The summed E-state index contributed by atoms with van der Waals surface area (Å²) in [6.45, 7) is 10.5. The highest BCUT2D eigenvalue weighted by molar-refractivity contribution is 8.00. The lowest BCUT2D eigenvalue weighted by Gasteiger charge is -2.58. The second kappa shape index (κ2) is 18.8. The van der Waals surface area contributed by atoms with Crippen molar-refractivity contribution in [2.45, 2.75) is 94.7 Å². The maximum absolute atomic E-state index is 11.6. The molecule has 12 nitrogen and oxygen atoms in total. The summed E-state index contributed by atoms with van der Waals surface area (Å²) in [6, 6.07) is 11.9. The van der Waals surface area contributed by atoms with E-state index in [2.05, 4.69) is 22.6 Å². The van der Waals surface area contributed by atoms with Crippen LogP contribution in [0.5, 0.6) is 17.2 Å². The van der Waals surface area contributed by atoms with Crippen LogP contribution in [0.2, 0.25) is 0 Å². The molecule has 0 bridgehead atoms. The Morgan fingerprint density at radius 2 is 1.88 bits per heavy atom. The molecule has 13 heteroatoms. The van der Waals surface area contributed by atoms with Gasteiger partial charge >= 0.3 is 0 Å². The van der Waals surface area contributed by atoms with E-state index in [0.717, 1.165) is 54.0 Å². The maximum Gasteiger partial charge on any atom is 0.273 e. The molecule has 0 radical (unpaired) electrons. The largest absolute Gasteiger partial charge is 0.460 e. The number of fused-ring (bicyclic) bond motifs is 2. The SMILES string of the molecule is C=CCO[C@@]12Oc3ccc(Oc4cccc([N+](=O)[O-])c4)cc3[C@H]3[C@H](CCCCO)[C@@H](CCCCO)C=C(C(=NOC(C)(C)C)C[C@@H]1SCCc1cnccn1)[C@H]32. The van der Waals surface area contributed by atoms with E-state index in [-0.39, 0.29) is 54.4 Å². The summed E-state index contributed by atoms with van der Waals surface area (Å²) < 4.78 is 20.6. The minimum absolute atomic E-state index is 0.0565. The summed E-state index contributed by atoms with van der Waals surface area (Å²) in [5.74, 6) is 1.02. The molecule has 56 heavy (non-hydrogen) atoms. The molecule has 0 saturated heterocycles. The Morgan fingerprint density at radius 3 is 2.59 bits per heavy atom. The predicted octanol–water partition coefficient (Wildman–Crippen LogP) is 8.59. The number of thioether (sulfide) groups is 1. The van der Waals surface area contributed by atoms with Crippen molar-refractivity contribution in [3.63, 3.8) is 0 Å². The molecule has 1 aliphatic heterocycles. The van der Waals surface area contributed by atoms with E-state index < -0.39 is 16.3 Å². The molecular formula is C43H54N4O8S. The van der Waals surface area contributed by atoms with Crippen molar-refractivity contribution >= 4 is 23.2 Å². The monoisotopic (exact) mass is 786 g/mol. The molecule has 1 fully saturated rings. The van der Waals surface area contributed by atoms with Crippen LogP contribution in [0.15, 0.2) is 90.5 Å². The number of oxime groups is 1. The third-order valence-corrected chi connectivity index (χ3v) is 11.9. The first-order chi connectivity index (χ1) is 27.1. The minimum Gasteiger partial charge on any atom is -0.460 e. The average molecular weight is 787 g/mol. The van der Waals surface area contributed by atoms with Crippen LogP contribution in [0.25, 0.3) is 0 Å². The molecule has 3 aromatic rings. The first-order valence-corrected chi connectivity index (χ1v) is 20.7. The second-order valence-electron chi connectivity index (χ2n) is 15.6. The first-order valence-electron chi connectivity index (χ1n) is 19.6. The summed E-state index contributed by atoms with van der Waals surface area (Å²) in [5, 5.41) is 36.0. The molecule has 2 heterocycles. The molecule has 6 rings (SSSR count). The van der Waals surface area contributed by atoms with Gasteiger partial charge in [0.05, 0.1) is 40.2 Å². The Labute approximate surface area is 333 Å². The first kappa shape index (κ1) is 41.3. The van der Waals surface area contributed by atoms with Crippen molar-refractivity contribution < 1.29 is 34.2 Å². The fourth-order valence-electron chi connectivity index (χ4n) is 8.29. The third-order valence-electron chi connectivity index (χ3n) is 10.6. The molecule has 300 valence electrons. The summed E-state index contributed by atoms with van der Waals surface area (Å²) in [5.41, 5.74) is 3.19. The molecule has 0 unspecified atom stereocenters. The Kier molecular flexibility index (Phi) is 13.8. The number of aromatic nitrogens is 2. The second-order valence-corrected chi connectivity index (χ2v) is 16.9. The normalized spacial score (nSPS) is 24.7. The van der Waals surface area contributed by atoms with Crippen LogP contribution in [-0.4, -0.2) is 73.0 Å². The number of unbranched alkanes of at least 4 members (excludes halogenated alkanes) is 2. The van der Waals surface area contributed by atoms with E-state index in [1.54, 1.807) is 48.6 Å². The third kappa shape index (κ3) is 9.62. The lowest BCUT2D eigenvalue weighted by molar-refractivity contribution is -0.384. The number of ether oxygens (including phenoxy) is 3. The number of hydrogen-bond acceptors (Lipinski definition) is 12. The summed E-state index contributed by atoms with van der Waals surface area (Å²) in [4.78, 5) is 26.1. The molecule has 2 aromatic carbocycles. The smallest absolute Gasteiger partial charge is 0.273 e. The molecule has 0 spiro atoms. The van der Waals surface area contributed by atoms with Gasteiger partial charge in [0.15, 0.2) is 0 Å². The van der Waals surface area contributed by atoms with Gasteiger partial charge in [-0.2, -0.15) is 11.8 Å². The van der Waals surface area contributed by atoms with Gasteiger partial charge in [-0.1, -0.05) is 36.2 Å². The van der Waals surface area contributed by atoms with E-state index >= 15 is 0 Å². The van der Waals surface area contributed by atoms with Crippen molar-refractivity contribution in [3.05, 3.63) is 107 Å². The lowest BCUT2D eigenvalue weighted by atomic mass is 9.56. The molecular weight excluding hydrogens is 733 g/mol. The van der Waals surface area contributed by atoms with Gasteiger partial charge in [0.1, 0.15) is 22.8 Å². The van der Waals surface area contributed by atoms with Crippen molar-refractivity contribution in [1.82, 2.24) is 9.97 Å². The number of hydrogen-bond donors (Lipinski definition) is 2. The zero-order valence-corrected chi connectivity index (χ0v) is 33.4. The van der Waals surface area contributed by atoms with Crippen LogP contribution in [0.1, 0.15) is 82.9 Å². The number of benzene rings is 2. The van der Waals surface area contributed by atoms with Crippen molar-refractivity contribution in [3.8, 4) is 17.2 Å². The van der Waals surface area contributed by atoms with E-state index in [4.69, 9.17) is 24.2 Å². The fraction of sp³-hybridized carbons (Fsp3) is 0.512. The number of nitro groups is 1. The number of aryl methyl sites for hydroxylation is 1. The number of rotatable bonds is 19. The number of allylic oxidation sites excluding steroid dienone is 1. The van der Waals surface area contributed by atoms with Gasteiger partial charge in [0, 0.05) is 62.2 Å². The van der Waals surface area contributed by atoms with Crippen LogP contribution in [0.3, 0.4) is 0 Å². The molecule has 6 atom stereocenters.